The molecule has 1 heterocycles. The van der Waals surface area contributed by atoms with E-state index < -0.39 is 0 Å². The number of hydrogen-bond acceptors (Lipinski definition) is 1. The van der Waals surface area contributed by atoms with E-state index in [1.807, 2.05) is 25.8 Å². The van der Waals surface area contributed by atoms with Crippen molar-refractivity contribution in [3.8, 4) is 0 Å². The van der Waals surface area contributed by atoms with Crippen LogP contribution in [-0.4, -0.2) is 3.97 Å². The van der Waals surface area contributed by atoms with Crippen molar-refractivity contribution < 1.29 is 0 Å². The lowest BCUT2D eigenvalue weighted by atomic mass is 10.2. The molecule has 0 unspecified atom stereocenters. The lowest BCUT2D eigenvalue weighted by molar-refractivity contribution is 1.20. The predicted octanol–water partition coefficient (Wildman–Crippen LogP) is 5.67. The molecule has 0 amide bonds. The number of aryl methyl sites for hydroxylation is 1. The average Bonchev–Trinajstić information content (AvgIpc) is 2.84. The normalized spacial score (nSPS) is 10.2. The van der Waals surface area contributed by atoms with Gasteiger partial charge >= 0.3 is 0 Å². The van der Waals surface area contributed by atoms with Gasteiger partial charge < -0.3 is 0 Å². The number of hydrogen-bond donors (Lipinski definition) is 0. The van der Waals surface area contributed by atoms with Crippen molar-refractivity contribution in [3.05, 3.63) is 71.9 Å². The quantitative estimate of drug-likeness (QED) is 0.599. The van der Waals surface area contributed by atoms with E-state index >= 15 is 0 Å². The number of benzene rings is 2. The maximum absolute atomic E-state index is 2.32. The summed E-state index contributed by atoms with van der Waals surface area (Å²) in [4.78, 5) is 0. The van der Waals surface area contributed by atoms with Gasteiger partial charge in [0.25, 0.3) is 0 Å². The Morgan fingerprint density at radius 2 is 1.55 bits per heavy atom. The molecule has 0 fully saturated rings. The van der Waals surface area contributed by atoms with Gasteiger partial charge in [0.1, 0.15) is 0 Å². The van der Waals surface area contributed by atoms with Crippen molar-refractivity contribution in [2.45, 2.75) is 26.5 Å². The van der Waals surface area contributed by atoms with Crippen LogP contribution in [-0.2, 0) is 5.75 Å². The van der Waals surface area contributed by atoms with E-state index in [-0.39, 0.29) is 0 Å². The van der Waals surface area contributed by atoms with Gasteiger partial charge in [0.05, 0.1) is 5.52 Å². The molecule has 0 saturated carbocycles. The van der Waals surface area contributed by atoms with Gasteiger partial charge in [0.15, 0.2) is 0 Å². The van der Waals surface area contributed by atoms with Crippen molar-refractivity contribution >= 4 is 22.9 Å². The smallest absolute Gasteiger partial charge is 0.0594 e. The number of fused-ring (bicyclic) bond motifs is 1. The fourth-order valence-electron chi connectivity index (χ4n) is 2.15. The number of aromatic nitrogens is 1. The fourth-order valence-corrected chi connectivity index (χ4v) is 3.19. The Labute approximate surface area is 125 Å². The first-order chi connectivity index (χ1) is 9.84. The average molecular weight is 283 g/mol. The first-order valence-electron chi connectivity index (χ1n) is 7.09. The summed E-state index contributed by atoms with van der Waals surface area (Å²) in [6.45, 7) is 6.16. The van der Waals surface area contributed by atoms with Crippen molar-refractivity contribution in [1.82, 2.24) is 3.97 Å². The van der Waals surface area contributed by atoms with Crippen LogP contribution in [0, 0.1) is 6.92 Å². The third-order valence-electron chi connectivity index (χ3n) is 3.04. The van der Waals surface area contributed by atoms with Crippen LogP contribution < -0.4 is 0 Å². The molecule has 20 heavy (non-hydrogen) atoms. The Morgan fingerprint density at radius 1 is 0.900 bits per heavy atom. The second kappa shape index (κ2) is 7.20. The second-order valence-corrected chi connectivity index (χ2v) is 5.31. The van der Waals surface area contributed by atoms with Crippen LogP contribution in [0.2, 0.25) is 0 Å². The van der Waals surface area contributed by atoms with E-state index in [1.54, 1.807) is 0 Å². The van der Waals surface area contributed by atoms with Crippen LogP contribution in [0.5, 0.6) is 0 Å². The van der Waals surface area contributed by atoms with Gasteiger partial charge in [-0.15, -0.1) is 0 Å². The van der Waals surface area contributed by atoms with Crippen molar-refractivity contribution in [1.29, 1.82) is 0 Å². The highest BCUT2D eigenvalue weighted by Gasteiger charge is 2.05. The molecule has 0 aliphatic heterocycles. The topological polar surface area (TPSA) is 4.93 Å². The molecule has 3 aromatic rings. The van der Waals surface area contributed by atoms with Crippen LogP contribution in [0.15, 0.2) is 60.7 Å². The zero-order valence-corrected chi connectivity index (χ0v) is 13.2. The molecular weight excluding hydrogens is 262 g/mol. The van der Waals surface area contributed by atoms with Gasteiger partial charge in [-0.25, -0.2) is 0 Å². The molecule has 104 valence electrons. The Kier molecular flexibility index (Phi) is 5.31. The third kappa shape index (κ3) is 3.26. The van der Waals surface area contributed by atoms with Gasteiger partial charge in [-0.2, -0.15) is 0 Å². The molecule has 0 saturated heterocycles. The zero-order chi connectivity index (χ0) is 14.4. The van der Waals surface area contributed by atoms with E-state index in [9.17, 15) is 0 Å². The summed E-state index contributed by atoms with van der Waals surface area (Å²) in [6, 6.07) is 21.4. The summed E-state index contributed by atoms with van der Waals surface area (Å²) >= 11 is 1.85. The van der Waals surface area contributed by atoms with Crippen molar-refractivity contribution in [2.75, 3.05) is 0 Å². The number of rotatable bonds is 3. The maximum Gasteiger partial charge on any atom is 0.0594 e. The van der Waals surface area contributed by atoms with Crippen LogP contribution in [0.25, 0.3) is 10.9 Å². The van der Waals surface area contributed by atoms with Gasteiger partial charge in [0.2, 0.25) is 0 Å². The predicted molar refractivity (Wildman–Crippen MR) is 91.2 cm³/mol. The van der Waals surface area contributed by atoms with Gasteiger partial charge in [0, 0.05) is 16.8 Å². The molecule has 0 aliphatic rings. The highest BCUT2D eigenvalue weighted by molar-refractivity contribution is 7.97. The SMILES string of the molecule is CC.Cc1cc2ccccc2n1SCc1ccccc1. The molecule has 0 atom stereocenters. The van der Waals surface area contributed by atoms with Crippen LogP contribution >= 0.6 is 11.9 Å². The fraction of sp³-hybridized carbons (Fsp3) is 0.222. The minimum absolute atomic E-state index is 1.00. The summed E-state index contributed by atoms with van der Waals surface area (Å²) < 4.78 is 2.32. The molecule has 1 nitrogen and oxygen atoms in total. The van der Waals surface area contributed by atoms with E-state index in [0.29, 0.717) is 0 Å². The third-order valence-corrected chi connectivity index (χ3v) is 4.25. The Bertz CT molecular complexity index is 655. The lowest BCUT2D eigenvalue weighted by Gasteiger charge is -2.07. The summed E-state index contributed by atoms with van der Waals surface area (Å²) in [7, 11) is 0. The minimum Gasteiger partial charge on any atom is -0.288 e. The Hall–Kier alpha value is -1.67. The summed E-state index contributed by atoms with van der Waals surface area (Å²) in [5, 5.41) is 1.32. The molecule has 3 rings (SSSR count). The maximum atomic E-state index is 2.32. The van der Waals surface area contributed by atoms with Crippen LogP contribution in [0.4, 0.5) is 0 Å². The highest BCUT2D eigenvalue weighted by Crippen LogP contribution is 2.26. The molecule has 1 aromatic heterocycles. The van der Waals surface area contributed by atoms with Crippen molar-refractivity contribution in [3.63, 3.8) is 0 Å². The summed E-state index contributed by atoms with van der Waals surface area (Å²) in [5.41, 5.74) is 3.97. The first kappa shape index (κ1) is 14.7. The van der Waals surface area contributed by atoms with Gasteiger partial charge in [-0.3, -0.25) is 3.97 Å². The molecule has 0 aliphatic carbocycles. The highest BCUT2D eigenvalue weighted by atomic mass is 32.2. The van der Waals surface area contributed by atoms with Gasteiger partial charge in [-0.1, -0.05) is 62.4 Å². The molecule has 0 radical (unpaired) electrons. The number of para-hydroxylation sites is 1. The van der Waals surface area contributed by atoms with Crippen molar-refractivity contribution in [2.24, 2.45) is 0 Å². The Morgan fingerprint density at radius 3 is 2.30 bits per heavy atom. The monoisotopic (exact) mass is 283 g/mol. The molecule has 0 N–H and O–H groups in total. The molecule has 2 aromatic carbocycles. The standard InChI is InChI=1S/C16H15NS.C2H6/c1-13-11-15-9-5-6-10-16(15)17(13)18-12-14-7-3-2-4-8-14;1-2/h2-11H,12H2,1H3;1-2H3. The molecule has 2 heteroatoms. The molecule has 0 bridgehead atoms. The Balaban J connectivity index is 0.000000704. The zero-order valence-electron chi connectivity index (χ0n) is 12.3. The largest absolute Gasteiger partial charge is 0.288 e. The first-order valence-corrected chi connectivity index (χ1v) is 8.03. The molecule has 0 spiro atoms. The van der Waals surface area contributed by atoms with Gasteiger partial charge in [-0.05, 0) is 36.6 Å². The lowest BCUT2D eigenvalue weighted by Crippen LogP contribution is -1.90. The minimum atomic E-state index is 1.00. The molecular formula is C18H21NS. The number of nitrogens with zero attached hydrogens (tertiary/aromatic N) is 1. The van der Waals surface area contributed by atoms with Crippen LogP contribution in [0.1, 0.15) is 25.1 Å². The van der Waals surface area contributed by atoms with E-state index in [0.717, 1.165) is 5.75 Å². The summed E-state index contributed by atoms with van der Waals surface area (Å²) in [6.07, 6.45) is 0. The van der Waals surface area contributed by atoms with E-state index in [2.05, 4.69) is 71.6 Å². The van der Waals surface area contributed by atoms with E-state index in [1.165, 1.54) is 22.2 Å². The summed E-state index contributed by atoms with van der Waals surface area (Å²) in [5.74, 6) is 1.00. The van der Waals surface area contributed by atoms with Crippen LogP contribution in [0.3, 0.4) is 0 Å². The second-order valence-electron chi connectivity index (χ2n) is 4.40. The van der Waals surface area contributed by atoms with E-state index in [4.69, 9.17) is 0 Å².